The van der Waals surface area contributed by atoms with Gasteiger partial charge in [-0.2, -0.15) is 0 Å². The number of carbonyl (C=O) groups is 1. The summed E-state index contributed by atoms with van der Waals surface area (Å²) in [6, 6.07) is 26.4. The van der Waals surface area contributed by atoms with E-state index in [9.17, 15) is 4.79 Å². The van der Waals surface area contributed by atoms with Crippen molar-refractivity contribution < 1.29 is 15.3 Å². The van der Waals surface area contributed by atoms with Gasteiger partial charge in [-0.25, -0.2) is 0 Å². The molecule has 0 bridgehead atoms. The number of ether oxygens (including phenoxy) is 1. The van der Waals surface area contributed by atoms with Gasteiger partial charge in [-0.3, -0.25) is 4.79 Å². The fraction of sp³-hybridized carbons (Fsp3) is 0.0952. The smallest absolute Gasteiger partial charge is 0.282 e. The lowest BCUT2D eigenvalue weighted by molar-refractivity contribution is -0.402. The number of nitrogens with one attached hydrogen (secondary N) is 1. The highest BCUT2D eigenvalue weighted by Gasteiger charge is 2.19. The molecule has 3 aromatic rings. The third-order valence-electron chi connectivity index (χ3n) is 3.81. The molecule has 0 saturated heterocycles. The third kappa shape index (κ3) is 4.68. The molecular formula is C21H21N2O2+. The Labute approximate surface area is 147 Å². The SMILES string of the molecule is [NH3+][C@H](Cc1ccccc1)C(=O)Nc1ccccc1Oc1ccccc1. The van der Waals surface area contributed by atoms with Gasteiger partial charge in [-0.15, -0.1) is 0 Å². The first-order valence-electron chi connectivity index (χ1n) is 8.22. The second kappa shape index (κ2) is 8.13. The van der Waals surface area contributed by atoms with Crippen LogP contribution in [0.25, 0.3) is 0 Å². The molecule has 3 rings (SSSR count). The molecule has 0 fully saturated rings. The Morgan fingerprint density at radius 2 is 1.48 bits per heavy atom. The summed E-state index contributed by atoms with van der Waals surface area (Å²) in [5.41, 5.74) is 5.72. The summed E-state index contributed by atoms with van der Waals surface area (Å²) < 4.78 is 5.87. The van der Waals surface area contributed by atoms with Gasteiger partial charge < -0.3 is 15.8 Å². The summed E-state index contributed by atoms with van der Waals surface area (Å²) in [4.78, 5) is 12.5. The van der Waals surface area contributed by atoms with Gasteiger partial charge in [0.05, 0.1) is 5.69 Å². The first kappa shape index (κ1) is 16.7. The quantitative estimate of drug-likeness (QED) is 0.727. The van der Waals surface area contributed by atoms with Crippen LogP contribution in [0.3, 0.4) is 0 Å². The van der Waals surface area contributed by atoms with Crippen molar-refractivity contribution >= 4 is 11.6 Å². The topological polar surface area (TPSA) is 66.0 Å². The zero-order chi connectivity index (χ0) is 17.5. The van der Waals surface area contributed by atoms with Crippen LogP contribution in [0.2, 0.25) is 0 Å². The Kier molecular flexibility index (Phi) is 5.44. The highest BCUT2D eigenvalue weighted by molar-refractivity contribution is 5.95. The average Bonchev–Trinajstić information content (AvgIpc) is 2.65. The van der Waals surface area contributed by atoms with Crippen LogP contribution in [-0.2, 0) is 11.2 Å². The van der Waals surface area contributed by atoms with E-state index in [0.29, 0.717) is 17.9 Å². The lowest BCUT2D eigenvalue weighted by Gasteiger charge is -2.14. The fourth-order valence-electron chi connectivity index (χ4n) is 2.50. The van der Waals surface area contributed by atoms with E-state index in [2.05, 4.69) is 11.1 Å². The number of rotatable bonds is 6. The van der Waals surface area contributed by atoms with Crippen molar-refractivity contribution in [1.82, 2.24) is 0 Å². The molecule has 0 heterocycles. The highest BCUT2D eigenvalue weighted by Crippen LogP contribution is 2.29. The average molecular weight is 333 g/mol. The normalized spacial score (nSPS) is 11.6. The Balaban J connectivity index is 1.69. The highest BCUT2D eigenvalue weighted by atomic mass is 16.5. The maximum Gasteiger partial charge on any atom is 0.282 e. The summed E-state index contributed by atoms with van der Waals surface area (Å²) in [7, 11) is 0. The van der Waals surface area contributed by atoms with E-state index in [1.807, 2.05) is 84.9 Å². The number of carbonyl (C=O) groups excluding carboxylic acids is 1. The minimum atomic E-state index is -0.382. The molecule has 0 radical (unpaired) electrons. The van der Waals surface area contributed by atoms with Crippen LogP contribution in [0, 0.1) is 0 Å². The van der Waals surface area contributed by atoms with Gasteiger partial charge in [0, 0.05) is 6.42 Å². The molecule has 0 aromatic heterocycles. The summed E-state index contributed by atoms with van der Waals surface area (Å²) in [5.74, 6) is 1.20. The van der Waals surface area contributed by atoms with E-state index in [1.54, 1.807) is 0 Å². The number of para-hydroxylation sites is 3. The van der Waals surface area contributed by atoms with Gasteiger partial charge in [0.1, 0.15) is 5.75 Å². The molecule has 0 aliphatic heterocycles. The molecule has 0 saturated carbocycles. The number of hydrogen-bond donors (Lipinski definition) is 2. The zero-order valence-electron chi connectivity index (χ0n) is 13.9. The molecule has 1 amide bonds. The van der Waals surface area contributed by atoms with Gasteiger partial charge in [0.15, 0.2) is 11.8 Å². The Morgan fingerprint density at radius 1 is 0.880 bits per heavy atom. The molecule has 0 spiro atoms. The number of quaternary nitrogens is 1. The van der Waals surface area contributed by atoms with Gasteiger partial charge in [-0.1, -0.05) is 60.7 Å². The minimum Gasteiger partial charge on any atom is -0.455 e. The van der Waals surface area contributed by atoms with Crippen molar-refractivity contribution in [3.05, 3.63) is 90.5 Å². The van der Waals surface area contributed by atoms with Crippen molar-refractivity contribution in [2.75, 3.05) is 5.32 Å². The monoisotopic (exact) mass is 333 g/mol. The van der Waals surface area contributed by atoms with Crippen molar-refractivity contribution in [2.45, 2.75) is 12.5 Å². The summed E-state index contributed by atoms with van der Waals surface area (Å²) in [5, 5.41) is 2.92. The number of anilines is 1. The Bertz CT molecular complexity index is 820. The van der Waals surface area contributed by atoms with Crippen LogP contribution < -0.4 is 15.8 Å². The van der Waals surface area contributed by atoms with Gasteiger partial charge >= 0.3 is 0 Å². The van der Waals surface area contributed by atoms with Crippen LogP contribution in [-0.4, -0.2) is 11.9 Å². The lowest BCUT2D eigenvalue weighted by Crippen LogP contribution is -2.67. The number of hydrogen-bond acceptors (Lipinski definition) is 2. The first-order chi connectivity index (χ1) is 12.2. The van der Waals surface area contributed by atoms with Crippen LogP contribution in [0.4, 0.5) is 5.69 Å². The zero-order valence-corrected chi connectivity index (χ0v) is 13.9. The van der Waals surface area contributed by atoms with E-state index in [1.165, 1.54) is 0 Å². The van der Waals surface area contributed by atoms with Crippen LogP contribution in [0.15, 0.2) is 84.9 Å². The van der Waals surface area contributed by atoms with Gasteiger partial charge in [0.2, 0.25) is 0 Å². The van der Waals surface area contributed by atoms with Crippen LogP contribution >= 0.6 is 0 Å². The van der Waals surface area contributed by atoms with E-state index in [-0.39, 0.29) is 11.9 Å². The Morgan fingerprint density at radius 3 is 2.20 bits per heavy atom. The lowest BCUT2D eigenvalue weighted by atomic mass is 10.1. The molecular weight excluding hydrogens is 312 g/mol. The number of amides is 1. The minimum absolute atomic E-state index is 0.132. The largest absolute Gasteiger partial charge is 0.455 e. The maximum atomic E-state index is 12.5. The molecule has 0 aliphatic rings. The predicted octanol–water partition coefficient (Wildman–Crippen LogP) is 3.27. The molecule has 4 nitrogen and oxygen atoms in total. The molecule has 1 atom stereocenters. The summed E-state index contributed by atoms with van der Waals surface area (Å²) in [6.07, 6.45) is 0.592. The first-order valence-corrected chi connectivity index (χ1v) is 8.22. The predicted molar refractivity (Wildman–Crippen MR) is 98.4 cm³/mol. The molecule has 25 heavy (non-hydrogen) atoms. The van der Waals surface area contributed by atoms with Crippen molar-refractivity contribution in [3.63, 3.8) is 0 Å². The van der Waals surface area contributed by atoms with Crippen LogP contribution in [0.5, 0.6) is 11.5 Å². The Hall–Kier alpha value is -3.11. The summed E-state index contributed by atoms with van der Waals surface area (Å²) >= 11 is 0. The van der Waals surface area contributed by atoms with Gasteiger partial charge in [0.25, 0.3) is 5.91 Å². The number of benzene rings is 3. The molecule has 3 aromatic carbocycles. The maximum absolute atomic E-state index is 12.5. The standard InChI is InChI=1S/C21H20N2O2/c22-18(15-16-9-3-1-4-10-16)21(24)23-19-13-7-8-14-20(19)25-17-11-5-2-6-12-17/h1-14,18H,15,22H2,(H,23,24)/p+1/t18-/m1/s1. The molecule has 0 aliphatic carbocycles. The van der Waals surface area contributed by atoms with Crippen LogP contribution in [0.1, 0.15) is 5.56 Å². The second-order valence-corrected chi connectivity index (χ2v) is 5.79. The van der Waals surface area contributed by atoms with E-state index in [0.717, 1.165) is 11.3 Å². The molecule has 4 N–H and O–H groups in total. The van der Waals surface area contributed by atoms with Crippen molar-refractivity contribution in [3.8, 4) is 11.5 Å². The molecule has 4 heteroatoms. The second-order valence-electron chi connectivity index (χ2n) is 5.79. The summed E-state index contributed by atoms with van der Waals surface area (Å²) in [6.45, 7) is 0. The van der Waals surface area contributed by atoms with Crippen molar-refractivity contribution in [2.24, 2.45) is 0 Å². The van der Waals surface area contributed by atoms with Gasteiger partial charge in [-0.05, 0) is 29.8 Å². The van der Waals surface area contributed by atoms with E-state index in [4.69, 9.17) is 4.74 Å². The third-order valence-corrected chi connectivity index (χ3v) is 3.81. The van der Waals surface area contributed by atoms with E-state index >= 15 is 0 Å². The van der Waals surface area contributed by atoms with Crippen molar-refractivity contribution in [1.29, 1.82) is 0 Å². The fourth-order valence-corrected chi connectivity index (χ4v) is 2.50. The molecule has 0 unspecified atom stereocenters. The van der Waals surface area contributed by atoms with E-state index < -0.39 is 0 Å². The molecule has 126 valence electrons.